The Labute approximate surface area is 162 Å². The summed E-state index contributed by atoms with van der Waals surface area (Å²) >= 11 is 0. The molecule has 0 aromatic heterocycles. The van der Waals surface area contributed by atoms with Gasteiger partial charge in [0.15, 0.2) is 0 Å². The van der Waals surface area contributed by atoms with Crippen molar-refractivity contribution in [2.45, 2.75) is 19.8 Å². The Morgan fingerprint density at radius 3 is 2.61 bits per heavy atom. The summed E-state index contributed by atoms with van der Waals surface area (Å²) in [6.07, 6.45) is 0.447. The zero-order chi connectivity index (χ0) is 20.3. The average Bonchev–Trinajstić information content (AvgIpc) is 2.92. The molecule has 2 aromatic rings. The number of anilines is 1. The summed E-state index contributed by atoms with van der Waals surface area (Å²) in [7, 11) is 1.47. The fourth-order valence-corrected chi connectivity index (χ4v) is 3.09. The first-order chi connectivity index (χ1) is 13.4. The third-order valence-electron chi connectivity index (χ3n) is 4.51. The van der Waals surface area contributed by atoms with Gasteiger partial charge in [0.2, 0.25) is 5.91 Å². The Kier molecular flexibility index (Phi) is 5.41. The van der Waals surface area contributed by atoms with E-state index in [0.717, 1.165) is 5.56 Å². The summed E-state index contributed by atoms with van der Waals surface area (Å²) in [4.78, 5) is 38.3. The van der Waals surface area contributed by atoms with Gasteiger partial charge in [0.05, 0.1) is 35.6 Å². The van der Waals surface area contributed by atoms with Crippen LogP contribution in [0, 0.1) is 18.3 Å². The highest BCUT2D eigenvalue weighted by Crippen LogP contribution is 2.26. The minimum absolute atomic E-state index is 0.117. The Hall–Kier alpha value is -3.66. The van der Waals surface area contributed by atoms with Gasteiger partial charge < -0.3 is 10.1 Å². The van der Waals surface area contributed by atoms with E-state index in [9.17, 15) is 14.4 Å². The molecule has 2 aromatic carbocycles. The van der Waals surface area contributed by atoms with Crippen LogP contribution in [0.2, 0.25) is 0 Å². The SMILES string of the molecule is COc1ccc(C#N)cc1NC(=O)CCCN1C(=O)c2ccc(C)cc2C1=O. The van der Waals surface area contributed by atoms with Crippen LogP contribution in [0.4, 0.5) is 5.69 Å². The van der Waals surface area contributed by atoms with Crippen LogP contribution in [-0.4, -0.2) is 36.3 Å². The zero-order valence-electron chi connectivity index (χ0n) is 15.6. The van der Waals surface area contributed by atoms with Crippen molar-refractivity contribution in [3.63, 3.8) is 0 Å². The van der Waals surface area contributed by atoms with Gasteiger partial charge in [0, 0.05) is 13.0 Å². The molecule has 1 aliphatic rings. The zero-order valence-corrected chi connectivity index (χ0v) is 15.6. The maximum Gasteiger partial charge on any atom is 0.261 e. The van der Waals surface area contributed by atoms with Crippen molar-refractivity contribution in [1.29, 1.82) is 5.26 Å². The fourth-order valence-electron chi connectivity index (χ4n) is 3.09. The first kappa shape index (κ1) is 19.1. The van der Waals surface area contributed by atoms with Crippen molar-refractivity contribution in [3.8, 4) is 11.8 Å². The molecule has 0 atom stereocenters. The van der Waals surface area contributed by atoms with Crippen molar-refractivity contribution < 1.29 is 19.1 Å². The third kappa shape index (κ3) is 3.71. The maximum absolute atomic E-state index is 12.4. The number of carbonyl (C=O) groups is 3. The van der Waals surface area contributed by atoms with Crippen LogP contribution in [-0.2, 0) is 4.79 Å². The molecule has 0 spiro atoms. The normalized spacial score (nSPS) is 12.5. The van der Waals surface area contributed by atoms with Gasteiger partial charge in [-0.1, -0.05) is 11.6 Å². The molecule has 0 saturated carbocycles. The van der Waals surface area contributed by atoms with E-state index in [0.29, 0.717) is 34.5 Å². The lowest BCUT2D eigenvalue weighted by Gasteiger charge is -2.14. The number of rotatable bonds is 6. The second kappa shape index (κ2) is 7.92. The van der Waals surface area contributed by atoms with E-state index in [1.54, 1.807) is 30.3 Å². The number of nitrogens with one attached hydrogen (secondary N) is 1. The topological polar surface area (TPSA) is 99.5 Å². The van der Waals surface area contributed by atoms with Crippen molar-refractivity contribution in [1.82, 2.24) is 4.90 Å². The summed E-state index contributed by atoms with van der Waals surface area (Å²) in [6, 6.07) is 11.9. The smallest absolute Gasteiger partial charge is 0.261 e. The summed E-state index contributed by atoms with van der Waals surface area (Å²) in [5, 5.41) is 11.7. The Bertz CT molecular complexity index is 1010. The molecule has 0 fully saturated rings. The molecule has 3 amide bonds. The monoisotopic (exact) mass is 377 g/mol. The first-order valence-electron chi connectivity index (χ1n) is 8.79. The van der Waals surface area contributed by atoms with Crippen LogP contribution in [0.5, 0.6) is 5.75 Å². The number of benzene rings is 2. The first-order valence-corrected chi connectivity index (χ1v) is 8.79. The molecule has 7 nitrogen and oxygen atoms in total. The standard InChI is InChI=1S/C21H19N3O4/c1-13-5-7-15-16(10-13)21(27)24(20(15)26)9-3-4-19(25)23-17-11-14(12-22)6-8-18(17)28-2/h5-8,10-11H,3-4,9H2,1-2H3,(H,23,25). The second-order valence-electron chi connectivity index (χ2n) is 6.49. The number of amides is 3. The van der Waals surface area contributed by atoms with Gasteiger partial charge in [-0.15, -0.1) is 0 Å². The van der Waals surface area contributed by atoms with Crippen molar-refractivity contribution in [3.05, 3.63) is 58.7 Å². The Morgan fingerprint density at radius 1 is 1.14 bits per heavy atom. The van der Waals surface area contributed by atoms with Crippen LogP contribution in [0.1, 0.15) is 44.7 Å². The van der Waals surface area contributed by atoms with Gasteiger partial charge in [-0.25, -0.2) is 0 Å². The molecule has 3 rings (SSSR count). The third-order valence-corrected chi connectivity index (χ3v) is 4.51. The summed E-state index contributed by atoms with van der Waals surface area (Å²) in [5.74, 6) is -0.500. The second-order valence-corrected chi connectivity index (χ2v) is 6.49. The van der Waals surface area contributed by atoms with Gasteiger partial charge in [-0.3, -0.25) is 19.3 Å². The van der Waals surface area contributed by atoms with E-state index in [1.165, 1.54) is 18.1 Å². The van der Waals surface area contributed by atoms with E-state index < -0.39 is 0 Å². The quantitative estimate of drug-likeness (QED) is 0.781. The molecule has 1 aliphatic heterocycles. The van der Waals surface area contributed by atoms with Gasteiger partial charge >= 0.3 is 0 Å². The number of nitrogens with zero attached hydrogens (tertiary/aromatic N) is 2. The van der Waals surface area contributed by atoms with Crippen LogP contribution in [0.3, 0.4) is 0 Å². The lowest BCUT2D eigenvalue weighted by molar-refractivity contribution is -0.116. The number of hydrogen-bond donors (Lipinski definition) is 1. The Balaban J connectivity index is 1.59. The van der Waals surface area contributed by atoms with E-state index in [2.05, 4.69) is 5.32 Å². The molecule has 0 saturated heterocycles. The largest absolute Gasteiger partial charge is 0.495 e. The highest BCUT2D eigenvalue weighted by atomic mass is 16.5. The van der Waals surface area contributed by atoms with E-state index in [1.807, 2.05) is 13.0 Å². The number of hydrogen-bond acceptors (Lipinski definition) is 5. The lowest BCUT2D eigenvalue weighted by atomic mass is 10.1. The van der Waals surface area contributed by atoms with Gasteiger partial charge in [0.1, 0.15) is 5.75 Å². The van der Waals surface area contributed by atoms with Crippen LogP contribution < -0.4 is 10.1 Å². The minimum atomic E-state index is -0.330. The minimum Gasteiger partial charge on any atom is -0.495 e. The fraction of sp³-hybridized carbons (Fsp3) is 0.238. The predicted molar refractivity (Wildman–Crippen MR) is 102 cm³/mol. The summed E-state index contributed by atoms with van der Waals surface area (Å²) in [5.41, 5.74) is 2.53. The van der Waals surface area contributed by atoms with Crippen LogP contribution in [0.15, 0.2) is 36.4 Å². The Morgan fingerprint density at radius 2 is 1.89 bits per heavy atom. The van der Waals surface area contributed by atoms with E-state index in [4.69, 9.17) is 10.00 Å². The van der Waals surface area contributed by atoms with Crippen molar-refractivity contribution in [2.75, 3.05) is 19.0 Å². The van der Waals surface area contributed by atoms with Crippen molar-refractivity contribution in [2.24, 2.45) is 0 Å². The molecule has 142 valence electrons. The lowest BCUT2D eigenvalue weighted by Crippen LogP contribution is -2.31. The predicted octanol–water partition coefficient (Wildman–Crippen LogP) is 2.89. The summed E-state index contributed by atoms with van der Waals surface area (Å²) in [6.45, 7) is 2.02. The molecule has 0 aliphatic carbocycles. The molecular weight excluding hydrogens is 358 g/mol. The maximum atomic E-state index is 12.4. The number of aryl methyl sites for hydroxylation is 1. The number of imide groups is 1. The number of carbonyl (C=O) groups excluding carboxylic acids is 3. The number of fused-ring (bicyclic) bond motifs is 1. The molecule has 0 radical (unpaired) electrons. The molecule has 1 heterocycles. The van der Waals surface area contributed by atoms with Crippen LogP contribution >= 0.6 is 0 Å². The van der Waals surface area contributed by atoms with E-state index in [-0.39, 0.29) is 30.7 Å². The number of ether oxygens (including phenoxy) is 1. The molecule has 1 N–H and O–H groups in total. The van der Waals surface area contributed by atoms with Crippen molar-refractivity contribution >= 4 is 23.4 Å². The molecule has 28 heavy (non-hydrogen) atoms. The molecular formula is C21H19N3O4. The molecule has 0 unspecified atom stereocenters. The van der Waals surface area contributed by atoms with Gasteiger partial charge in [-0.05, 0) is 43.7 Å². The van der Waals surface area contributed by atoms with Gasteiger partial charge in [0.25, 0.3) is 11.8 Å². The molecule has 0 bridgehead atoms. The highest BCUT2D eigenvalue weighted by molar-refractivity contribution is 6.21. The van der Waals surface area contributed by atoms with Crippen LogP contribution in [0.25, 0.3) is 0 Å². The highest BCUT2D eigenvalue weighted by Gasteiger charge is 2.34. The number of nitriles is 1. The van der Waals surface area contributed by atoms with E-state index >= 15 is 0 Å². The number of methoxy groups -OCH3 is 1. The average molecular weight is 377 g/mol. The van der Waals surface area contributed by atoms with Gasteiger partial charge in [-0.2, -0.15) is 5.26 Å². The molecule has 7 heteroatoms. The summed E-state index contributed by atoms with van der Waals surface area (Å²) < 4.78 is 5.18.